The summed E-state index contributed by atoms with van der Waals surface area (Å²) in [4.78, 5) is 0.337. The van der Waals surface area contributed by atoms with Crippen molar-refractivity contribution in [3.63, 3.8) is 0 Å². The summed E-state index contributed by atoms with van der Waals surface area (Å²) >= 11 is 0. The second-order valence-corrected chi connectivity index (χ2v) is 8.31. The van der Waals surface area contributed by atoms with Gasteiger partial charge in [-0.05, 0) is 31.9 Å². The van der Waals surface area contributed by atoms with Crippen molar-refractivity contribution >= 4 is 19.8 Å². The van der Waals surface area contributed by atoms with Gasteiger partial charge in [0.1, 0.15) is 0 Å². The first-order valence-electron chi connectivity index (χ1n) is 5.92. The molecule has 1 aromatic carbocycles. The summed E-state index contributed by atoms with van der Waals surface area (Å²) < 4.78 is 26.1. The summed E-state index contributed by atoms with van der Waals surface area (Å²) in [5.41, 5.74) is 1.04. The Morgan fingerprint density at radius 1 is 1.22 bits per heavy atom. The zero-order valence-corrected chi connectivity index (χ0v) is 11.9. The zero-order valence-electron chi connectivity index (χ0n) is 10.2. The van der Waals surface area contributed by atoms with Crippen molar-refractivity contribution in [1.29, 1.82) is 0 Å². The molecule has 1 aliphatic rings. The Kier molecular flexibility index (Phi) is 4.32. The number of hydrogen-bond donors (Lipinski definition) is 1. The van der Waals surface area contributed by atoms with Crippen LogP contribution in [0.2, 0.25) is 0 Å². The summed E-state index contributed by atoms with van der Waals surface area (Å²) in [5.74, 6) is 0. The van der Waals surface area contributed by atoms with Crippen molar-refractivity contribution in [3.05, 3.63) is 29.8 Å². The fourth-order valence-electron chi connectivity index (χ4n) is 1.80. The van der Waals surface area contributed by atoms with E-state index in [2.05, 4.69) is 0 Å². The van der Waals surface area contributed by atoms with Gasteiger partial charge in [0.05, 0.1) is 22.0 Å². The minimum atomic E-state index is -3.33. The van der Waals surface area contributed by atoms with Crippen molar-refractivity contribution in [2.75, 3.05) is 13.1 Å². The second kappa shape index (κ2) is 5.61. The van der Waals surface area contributed by atoms with Gasteiger partial charge in [-0.3, -0.25) is 0 Å². The molecular weight excluding hydrogens is 270 g/mol. The van der Waals surface area contributed by atoms with Crippen LogP contribution in [0.4, 0.5) is 0 Å². The quantitative estimate of drug-likeness (QED) is 0.678. The third-order valence-corrected chi connectivity index (χ3v) is 6.36. The first-order valence-corrected chi connectivity index (χ1v) is 8.69. The highest BCUT2D eigenvalue weighted by atomic mass is 33.1. The smallest absolute Gasteiger partial charge is 0.244 e. The third kappa shape index (κ3) is 3.47. The summed E-state index contributed by atoms with van der Waals surface area (Å²) in [7, 11) is -2.45. The van der Waals surface area contributed by atoms with Crippen LogP contribution in [0.3, 0.4) is 0 Å². The molecule has 1 aliphatic heterocycles. The standard InChI is InChI=1S/C12H17NO3S2/c1-10-2-4-12(5-3-10)18(15,16)17-13-8-6-11(14)7-9-13/h2-5,11,14H,6-9H2,1H3. The molecule has 6 heteroatoms. The Labute approximate surface area is 111 Å². The van der Waals surface area contributed by atoms with Gasteiger partial charge in [0, 0.05) is 13.1 Å². The number of piperidine rings is 1. The van der Waals surface area contributed by atoms with Gasteiger partial charge in [-0.15, -0.1) is 0 Å². The number of aliphatic hydroxyl groups is 1. The maximum atomic E-state index is 12.2. The highest BCUT2D eigenvalue weighted by Gasteiger charge is 2.24. The van der Waals surface area contributed by atoms with Gasteiger partial charge in [0.25, 0.3) is 0 Å². The lowest BCUT2D eigenvalue weighted by atomic mass is 10.1. The number of aryl methyl sites for hydroxylation is 1. The monoisotopic (exact) mass is 287 g/mol. The predicted molar refractivity (Wildman–Crippen MR) is 72.8 cm³/mol. The molecule has 1 heterocycles. The average Bonchev–Trinajstić information content (AvgIpc) is 2.32. The molecule has 0 spiro atoms. The van der Waals surface area contributed by atoms with E-state index in [-0.39, 0.29) is 6.10 Å². The third-order valence-electron chi connectivity index (χ3n) is 2.94. The van der Waals surface area contributed by atoms with Crippen LogP contribution < -0.4 is 0 Å². The fraction of sp³-hybridized carbons (Fsp3) is 0.500. The maximum absolute atomic E-state index is 12.2. The first kappa shape index (κ1) is 13.9. The molecule has 1 aromatic rings. The molecule has 1 N–H and O–H groups in total. The molecule has 0 aromatic heterocycles. The molecule has 0 unspecified atom stereocenters. The lowest BCUT2D eigenvalue weighted by Crippen LogP contribution is -2.32. The summed E-state index contributed by atoms with van der Waals surface area (Å²) in [6, 6.07) is 6.87. The lowest BCUT2D eigenvalue weighted by Gasteiger charge is -2.27. The zero-order chi connectivity index (χ0) is 13.2. The predicted octanol–water partition coefficient (Wildman–Crippen LogP) is 1.79. The molecule has 4 nitrogen and oxygen atoms in total. The van der Waals surface area contributed by atoms with E-state index in [1.807, 2.05) is 11.2 Å². The van der Waals surface area contributed by atoms with Gasteiger partial charge in [0.15, 0.2) is 0 Å². The number of nitrogens with zero attached hydrogens (tertiary/aromatic N) is 1. The number of rotatable bonds is 3. The number of aliphatic hydroxyl groups excluding tert-OH is 1. The molecule has 2 rings (SSSR count). The van der Waals surface area contributed by atoms with E-state index in [1.54, 1.807) is 24.3 Å². The minimum absolute atomic E-state index is 0.288. The Morgan fingerprint density at radius 2 is 1.78 bits per heavy atom. The van der Waals surface area contributed by atoms with Gasteiger partial charge >= 0.3 is 0 Å². The second-order valence-electron chi connectivity index (χ2n) is 4.50. The van der Waals surface area contributed by atoms with E-state index >= 15 is 0 Å². The van der Waals surface area contributed by atoms with E-state index in [1.165, 1.54) is 0 Å². The van der Waals surface area contributed by atoms with Gasteiger partial charge in [-0.25, -0.2) is 12.7 Å². The summed E-state index contributed by atoms with van der Waals surface area (Å²) in [6.45, 7) is 3.14. The van der Waals surface area contributed by atoms with Crippen LogP contribution in [0.25, 0.3) is 0 Å². The molecule has 0 saturated carbocycles. The molecule has 0 aliphatic carbocycles. The molecule has 0 atom stereocenters. The van der Waals surface area contributed by atoms with Crippen molar-refractivity contribution < 1.29 is 13.5 Å². The van der Waals surface area contributed by atoms with Crippen LogP contribution in [-0.2, 0) is 8.87 Å². The van der Waals surface area contributed by atoms with E-state index < -0.39 is 8.87 Å². The Bertz CT molecular complexity index is 491. The molecule has 100 valence electrons. The van der Waals surface area contributed by atoms with Crippen LogP contribution in [0.5, 0.6) is 0 Å². The van der Waals surface area contributed by atoms with Crippen LogP contribution in [0, 0.1) is 6.92 Å². The van der Waals surface area contributed by atoms with Crippen molar-refractivity contribution in [3.8, 4) is 0 Å². The highest BCUT2D eigenvalue weighted by molar-refractivity contribution is 8.71. The largest absolute Gasteiger partial charge is 0.393 e. The topological polar surface area (TPSA) is 57.6 Å². The molecule has 0 radical (unpaired) electrons. The van der Waals surface area contributed by atoms with Crippen molar-refractivity contribution in [2.45, 2.75) is 30.8 Å². The van der Waals surface area contributed by atoms with Gasteiger partial charge < -0.3 is 5.11 Å². The van der Waals surface area contributed by atoms with E-state index in [4.69, 9.17) is 0 Å². The van der Waals surface area contributed by atoms with Crippen molar-refractivity contribution in [2.24, 2.45) is 0 Å². The molecule has 0 bridgehead atoms. The highest BCUT2D eigenvalue weighted by Crippen LogP contribution is 2.29. The summed E-state index contributed by atoms with van der Waals surface area (Å²) in [5, 5.41) is 9.39. The first-order chi connectivity index (χ1) is 8.47. The van der Waals surface area contributed by atoms with Gasteiger partial charge in [-0.1, -0.05) is 17.7 Å². The van der Waals surface area contributed by atoms with E-state index in [0.717, 1.165) is 16.5 Å². The average molecular weight is 287 g/mol. The summed E-state index contributed by atoms with van der Waals surface area (Å²) in [6.07, 6.45) is 0.983. The van der Waals surface area contributed by atoms with E-state index in [9.17, 15) is 13.5 Å². The van der Waals surface area contributed by atoms with Crippen LogP contribution in [0.1, 0.15) is 18.4 Å². The van der Waals surface area contributed by atoms with Gasteiger partial charge in [-0.2, -0.15) is 0 Å². The van der Waals surface area contributed by atoms with Crippen LogP contribution in [-0.4, -0.2) is 37.0 Å². The molecular formula is C12H17NO3S2. The molecule has 18 heavy (non-hydrogen) atoms. The minimum Gasteiger partial charge on any atom is -0.393 e. The Hall–Kier alpha value is -0.560. The van der Waals surface area contributed by atoms with Crippen LogP contribution >= 0.6 is 11.0 Å². The maximum Gasteiger partial charge on any atom is 0.244 e. The fourth-order valence-corrected chi connectivity index (χ4v) is 4.87. The molecule has 1 fully saturated rings. The number of hydrogen-bond acceptors (Lipinski definition) is 5. The molecule has 1 saturated heterocycles. The van der Waals surface area contributed by atoms with E-state index in [0.29, 0.717) is 30.8 Å². The van der Waals surface area contributed by atoms with Crippen molar-refractivity contribution in [1.82, 2.24) is 4.31 Å². The van der Waals surface area contributed by atoms with Crippen LogP contribution in [0.15, 0.2) is 29.2 Å². The Balaban J connectivity index is 2.05. The Morgan fingerprint density at radius 3 is 2.33 bits per heavy atom. The SMILES string of the molecule is Cc1ccc(S(=O)(=O)SN2CCC(O)CC2)cc1. The lowest BCUT2D eigenvalue weighted by molar-refractivity contribution is 0.116. The number of benzene rings is 1. The molecule has 0 amide bonds. The normalized spacial score (nSPS) is 19.0. The van der Waals surface area contributed by atoms with Gasteiger partial charge in [0.2, 0.25) is 8.87 Å².